The van der Waals surface area contributed by atoms with Gasteiger partial charge in [-0.2, -0.15) is 0 Å². The molecule has 0 radical (unpaired) electrons. The number of pyridine rings is 1. The SMILES string of the molecule is Cc1ccc(O)c(NS(=O)(=O)c2ccc3c(C)c(O)cc(O)c3c2)n1. The van der Waals surface area contributed by atoms with Crippen molar-refractivity contribution in [3.63, 3.8) is 0 Å². The molecule has 0 bridgehead atoms. The Morgan fingerprint density at radius 1 is 0.880 bits per heavy atom. The largest absolute Gasteiger partial charge is 0.508 e. The van der Waals surface area contributed by atoms with Crippen molar-refractivity contribution in [2.75, 3.05) is 4.72 Å². The van der Waals surface area contributed by atoms with Crippen LogP contribution in [0.4, 0.5) is 5.82 Å². The Labute approximate surface area is 144 Å². The topological polar surface area (TPSA) is 120 Å². The summed E-state index contributed by atoms with van der Waals surface area (Å²) in [5, 5.41) is 30.4. The number of fused-ring (bicyclic) bond motifs is 1. The van der Waals surface area contributed by atoms with Crippen molar-refractivity contribution in [2.24, 2.45) is 0 Å². The number of aromatic hydroxyl groups is 3. The molecule has 0 aliphatic rings. The first-order valence-electron chi connectivity index (χ1n) is 7.34. The molecule has 25 heavy (non-hydrogen) atoms. The first kappa shape index (κ1) is 16.8. The third kappa shape index (κ3) is 3.03. The minimum absolute atomic E-state index is 0.0763. The van der Waals surface area contributed by atoms with E-state index in [-0.39, 0.29) is 28.0 Å². The number of aromatic nitrogens is 1. The monoisotopic (exact) mass is 360 g/mol. The van der Waals surface area contributed by atoms with Gasteiger partial charge in [-0.05, 0) is 49.1 Å². The summed E-state index contributed by atoms with van der Waals surface area (Å²) in [6, 6.07) is 8.21. The Bertz CT molecular complexity index is 1090. The summed E-state index contributed by atoms with van der Waals surface area (Å²) in [5.74, 6) is -0.774. The number of phenolic OH excluding ortho intramolecular Hbond substituents is 2. The van der Waals surface area contributed by atoms with E-state index in [2.05, 4.69) is 9.71 Å². The van der Waals surface area contributed by atoms with Gasteiger partial charge in [0.25, 0.3) is 10.0 Å². The predicted octanol–water partition coefficient (Wildman–Crippen LogP) is 2.77. The van der Waals surface area contributed by atoms with E-state index in [0.717, 1.165) is 6.07 Å². The minimum atomic E-state index is -4.03. The Hall–Kier alpha value is -3.00. The fraction of sp³-hybridized carbons (Fsp3) is 0.118. The maximum Gasteiger partial charge on any atom is 0.263 e. The quantitative estimate of drug-likeness (QED) is 0.570. The van der Waals surface area contributed by atoms with E-state index in [4.69, 9.17) is 0 Å². The molecule has 1 aromatic heterocycles. The highest BCUT2D eigenvalue weighted by molar-refractivity contribution is 7.92. The Kier molecular flexibility index (Phi) is 3.92. The molecule has 4 N–H and O–H groups in total. The second-order valence-corrected chi connectivity index (χ2v) is 7.36. The Balaban J connectivity index is 2.10. The zero-order valence-electron chi connectivity index (χ0n) is 13.5. The van der Waals surface area contributed by atoms with E-state index < -0.39 is 10.0 Å². The first-order valence-corrected chi connectivity index (χ1v) is 8.82. The number of anilines is 1. The molecule has 0 amide bonds. The number of sulfonamides is 1. The van der Waals surface area contributed by atoms with Crippen molar-refractivity contribution in [3.8, 4) is 17.2 Å². The second-order valence-electron chi connectivity index (χ2n) is 5.67. The number of nitrogens with zero attached hydrogens (tertiary/aromatic N) is 1. The van der Waals surface area contributed by atoms with Gasteiger partial charge in [-0.1, -0.05) is 6.07 Å². The van der Waals surface area contributed by atoms with Crippen LogP contribution in [0, 0.1) is 13.8 Å². The van der Waals surface area contributed by atoms with Crippen molar-refractivity contribution < 1.29 is 23.7 Å². The molecule has 0 aliphatic carbocycles. The van der Waals surface area contributed by atoms with Crippen LogP contribution in [0.3, 0.4) is 0 Å². The fourth-order valence-corrected chi connectivity index (χ4v) is 3.54. The van der Waals surface area contributed by atoms with E-state index in [1.54, 1.807) is 19.9 Å². The van der Waals surface area contributed by atoms with Gasteiger partial charge in [0.15, 0.2) is 11.6 Å². The molecule has 0 saturated heterocycles. The van der Waals surface area contributed by atoms with E-state index in [0.29, 0.717) is 22.0 Å². The van der Waals surface area contributed by atoms with E-state index in [1.807, 2.05) is 0 Å². The number of hydrogen-bond acceptors (Lipinski definition) is 6. The van der Waals surface area contributed by atoms with Gasteiger partial charge in [0, 0.05) is 17.1 Å². The molecule has 130 valence electrons. The molecule has 3 rings (SSSR count). The average molecular weight is 360 g/mol. The summed E-state index contributed by atoms with van der Waals surface area (Å²) in [6.07, 6.45) is 0. The molecule has 1 heterocycles. The highest BCUT2D eigenvalue weighted by Crippen LogP contribution is 2.35. The summed E-state index contributed by atoms with van der Waals surface area (Å²) < 4.78 is 27.4. The van der Waals surface area contributed by atoms with Gasteiger partial charge in [-0.3, -0.25) is 4.72 Å². The molecule has 0 atom stereocenters. The summed E-state index contributed by atoms with van der Waals surface area (Å²) in [6.45, 7) is 3.33. The number of phenols is 2. The Morgan fingerprint density at radius 3 is 2.32 bits per heavy atom. The van der Waals surface area contributed by atoms with Crippen LogP contribution in [-0.2, 0) is 10.0 Å². The first-order chi connectivity index (χ1) is 11.7. The Morgan fingerprint density at radius 2 is 1.60 bits per heavy atom. The van der Waals surface area contributed by atoms with E-state index in [9.17, 15) is 23.7 Å². The highest BCUT2D eigenvalue weighted by Gasteiger charge is 2.19. The van der Waals surface area contributed by atoms with Crippen LogP contribution < -0.4 is 4.72 Å². The van der Waals surface area contributed by atoms with Crippen LogP contribution in [0.15, 0.2) is 41.3 Å². The molecule has 0 saturated carbocycles. The van der Waals surface area contributed by atoms with Gasteiger partial charge in [-0.25, -0.2) is 13.4 Å². The van der Waals surface area contributed by atoms with Crippen LogP contribution >= 0.6 is 0 Å². The molecule has 0 fully saturated rings. The molecule has 2 aromatic carbocycles. The van der Waals surface area contributed by atoms with E-state index in [1.165, 1.54) is 24.3 Å². The van der Waals surface area contributed by atoms with Crippen molar-refractivity contribution in [2.45, 2.75) is 18.7 Å². The number of hydrogen-bond donors (Lipinski definition) is 4. The third-order valence-electron chi connectivity index (χ3n) is 3.88. The minimum Gasteiger partial charge on any atom is -0.508 e. The predicted molar refractivity (Wildman–Crippen MR) is 93.5 cm³/mol. The van der Waals surface area contributed by atoms with E-state index >= 15 is 0 Å². The summed E-state index contributed by atoms with van der Waals surface area (Å²) >= 11 is 0. The summed E-state index contributed by atoms with van der Waals surface area (Å²) in [7, 11) is -4.03. The van der Waals surface area contributed by atoms with Crippen LogP contribution in [0.2, 0.25) is 0 Å². The lowest BCUT2D eigenvalue weighted by atomic mass is 10.0. The summed E-state index contributed by atoms with van der Waals surface area (Å²) in [4.78, 5) is 3.86. The van der Waals surface area contributed by atoms with Crippen LogP contribution in [0.1, 0.15) is 11.3 Å². The van der Waals surface area contributed by atoms with Gasteiger partial charge < -0.3 is 15.3 Å². The van der Waals surface area contributed by atoms with Crippen molar-refractivity contribution in [1.29, 1.82) is 0 Å². The number of benzene rings is 2. The molecule has 0 unspecified atom stereocenters. The van der Waals surface area contributed by atoms with Crippen molar-refractivity contribution in [3.05, 3.63) is 47.7 Å². The van der Waals surface area contributed by atoms with Crippen molar-refractivity contribution in [1.82, 2.24) is 4.98 Å². The van der Waals surface area contributed by atoms with Gasteiger partial charge in [0.05, 0.1) is 4.90 Å². The smallest absolute Gasteiger partial charge is 0.263 e. The average Bonchev–Trinajstić information content (AvgIpc) is 2.55. The second kappa shape index (κ2) is 5.82. The number of rotatable bonds is 3. The zero-order chi connectivity index (χ0) is 18.4. The molecule has 3 aromatic rings. The number of nitrogens with one attached hydrogen (secondary N) is 1. The summed E-state index contributed by atoms with van der Waals surface area (Å²) in [5.41, 5.74) is 1.07. The maximum atomic E-state index is 12.6. The lowest BCUT2D eigenvalue weighted by molar-refractivity contribution is 0.452. The van der Waals surface area contributed by atoms with Gasteiger partial charge in [0.1, 0.15) is 11.5 Å². The van der Waals surface area contributed by atoms with Crippen LogP contribution in [-0.4, -0.2) is 28.7 Å². The van der Waals surface area contributed by atoms with Gasteiger partial charge in [-0.15, -0.1) is 0 Å². The highest BCUT2D eigenvalue weighted by atomic mass is 32.2. The molecule has 0 spiro atoms. The van der Waals surface area contributed by atoms with Crippen molar-refractivity contribution >= 4 is 26.6 Å². The number of aryl methyl sites for hydroxylation is 2. The van der Waals surface area contributed by atoms with Crippen LogP contribution in [0.5, 0.6) is 17.2 Å². The van der Waals surface area contributed by atoms with Crippen LogP contribution in [0.25, 0.3) is 10.8 Å². The maximum absolute atomic E-state index is 12.6. The molecule has 7 nitrogen and oxygen atoms in total. The standard InChI is InChI=1S/C17H16N2O5S/c1-9-3-6-14(20)17(18-9)19-25(23,24)11-4-5-12-10(2)15(21)8-16(22)13(12)7-11/h3-8,20-22H,1-2H3,(H,18,19). The third-order valence-corrected chi connectivity index (χ3v) is 5.22. The zero-order valence-corrected chi connectivity index (χ0v) is 14.3. The normalized spacial score (nSPS) is 11.6. The van der Waals surface area contributed by atoms with Gasteiger partial charge in [0.2, 0.25) is 0 Å². The lowest BCUT2D eigenvalue weighted by Crippen LogP contribution is -2.14. The molecule has 8 heteroatoms. The fourth-order valence-electron chi connectivity index (χ4n) is 2.49. The molecular formula is C17H16N2O5S. The van der Waals surface area contributed by atoms with Gasteiger partial charge >= 0.3 is 0 Å². The molecular weight excluding hydrogens is 344 g/mol. The lowest BCUT2D eigenvalue weighted by Gasteiger charge is -2.12. The molecule has 0 aliphatic heterocycles.